The number of aromatic nitrogens is 1. The smallest absolute Gasteiger partial charge is 0.319 e. The minimum absolute atomic E-state index is 0.110. The molecule has 0 saturated heterocycles. The van der Waals surface area contributed by atoms with Crippen molar-refractivity contribution < 1.29 is 14.3 Å². The average Bonchev–Trinajstić information content (AvgIpc) is 3.06. The number of hydrogen-bond donors (Lipinski definition) is 3. The highest BCUT2D eigenvalue weighted by atomic mass is 32.1. The Morgan fingerprint density at radius 1 is 1.26 bits per heavy atom. The SMILES string of the molecule is CCNC(=O)Nc1ccc(OCC(=O)NCc2cccs2)nc1. The van der Waals surface area contributed by atoms with Crippen molar-refractivity contribution in [2.75, 3.05) is 18.5 Å². The summed E-state index contributed by atoms with van der Waals surface area (Å²) in [7, 11) is 0. The normalized spacial score (nSPS) is 9.96. The van der Waals surface area contributed by atoms with Crippen molar-refractivity contribution in [2.24, 2.45) is 0 Å². The average molecular weight is 334 g/mol. The lowest BCUT2D eigenvalue weighted by Gasteiger charge is -2.08. The Labute approximate surface area is 138 Å². The zero-order chi connectivity index (χ0) is 16.5. The van der Waals surface area contributed by atoms with Gasteiger partial charge in [0.1, 0.15) is 0 Å². The van der Waals surface area contributed by atoms with Gasteiger partial charge in [-0.3, -0.25) is 4.79 Å². The first kappa shape index (κ1) is 16.8. The van der Waals surface area contributed by atoms with E-state index in [1.807, 2.05) is 24.4 Å². The summed E-state index contributed by atoms with van der Waals surface area (Å²) in [6, 6.07) is 6.84. The first-order chi connectivity index (χ1) is 11.2. The van der Waals surface area contributed by atoms with Crippen LogP contribution in [0.15, 0.2) is 35.8 Å². The molecule has 2 rings (SSSR count). The number of amides is 3. The van der Waals surface area contributed by atoms with E-state index in [1.165, 1.54) is 6.20 Å². The van der Waals surface area contributed by atoms with Crippen molar-refractivity contribution in [2.45, 2.75) is 13.5 Å². The van der Waals surface area contributed by atoms with E-state index in [4.69, 9.17) is 4.74 Å². The van der Waals surface area contributed by atoms with Crippen molar-refractivity contribution >= 4 is 29.0 Å². The van der Waals surface area contributed by atoms with Gasteiger partial charge >= 0.3 is 6.03 Å². The number of carbonyl (C=O) groups excluding carboxylic acids is 2. The highest BCUT2D eigenvalue weighted by molar-refractivity contribution is 7.09. The van der Waals surface area contributed by atoms with Crippen LogP contribution in [0.25, 0.3) is 0 Å². The molecule has 23 heavy (non-hydrogen) atoms. The Morgan fingerprint density at radius 2 is 2.13 bits per heavy atom. The fourth-order valence-electron chi connectivity index (χ4n) is 1.66. The number of pyridine rings is 1. The second kappa shape index (κ2) is 8.74. The Hall–Kier alpha value is -2.61. The predicted octanol–water partition coefficient (Wildman–Crippen LogP) is 1.98. The number of urea groups is 1. The van der Waals surface area contributed by atoms with Crippen molar-refractivity contribution in [1.29, 1.82) is 0 Å². The number of hydrogen-bond acceptors (Lipinski definition) is 5. The summed E-state index contributed by atoms with van der Waals surface area (Å²) in [5, 5.41) is 9.95. The van der Waals surface area contributed by atoms with Crippen LogP contribution in [0.1, 0.15) is 11.8 Å². The summed E-state index contributed by atoms with van der Waals surface area (Å²) in [5.74, 6) is 0.0995. The number of ether oxygens (including phenoxy) is 1. The molecule has 2 aromatic heterocycles. The van der Waals surface area contributed by atoms with E-state index >= 15 is 0 Å². The molecule has 8 heteroatoms. The summed E-state index contributed by atoms with van der Waals surface area (Å²) in [6.07, 6.45) is 1.47. The van der Waals surface area contributed by atoms with E-state index in [1.54, 1.807) is 23.5 Å². The summed E-state index contributed by atoms with van der Waals surface area (Å²) in [6.45, 7) is 2.75. The summed E-state index contributed by atoms with van der Waals surface area (Å²) in [5.41, 5.74) is 0.547. The third kappa shape index (κ3) is 5.95. The Morgan fingerprint density at radius 3 is 2.78 bits per heavy atom. The number of nitrogens with zero attached hydrogens (tertiary/aromatic N) is 1. The molecule has 2 aromatic rings. The van der Waals surface area contributed by atoms with Gasteiger partial charge in [0.05, 0.1) is 18.4 Å². The molecule has 0 aliphatic heterocycles. The molecule has 122 valence electrons. The molecule has 2 heterocycles. The van der Waals surface area contributed by atoms with Crippen LogP contribution in [0.4, 0.5) is 10.5 Å². The first-order valence-electron chi connectivity index (χ1n) is 7.10. The summed E-state index contributed by atoms with van der Waals surface area (Å²) < 4.78 is 5.30. The van der Waals surface area contributed by atoms with Crippen molar-refractivity contribution in [1.82, 2.24) is 15.6 Å². The van der Waals surface area contributed by atoms with Crippen LogP contribution in [0.3, 0.4) is 0 Å². The monoisotopic (exact) mass is 334 g/mol. The predicted molar refractivity (Wildman–Crippen MR) is 88.6 cm³/mol. The highest BCUT2D eigenvalue weighted by Crippen LogP contribution is 2.11. The fraction of sp³-hybridized carbons (Fsp3) is 0.267. The third-order valence-corrected chi connectivity index (χ3v) is 3.60. The van der Waals surface area contributed by atoms with Crippen molar-refractivity contribution in [3.63, 3.8) is 0 Å². The largest absolute Gasteiger partial charge is 0.468 e. The number of carbonyl (C=O) groups is 2. The molecule has 3 amide bonds. The molecule has 0 aliphatic rings. The van der Waals surface area contributed by atoms with Crippen LogP contribution in [-0.2, 0) is 11.3 Å². The molecule has 0 bridgehead atoms. The lowest BCUT2D eigenvalue weighted by atomic mass is 10.4. The van der Waals surface area contributed by atoms with Gasteiger partial charge in [0.25, 0.3) is 5.91 Å². The molecular weight excluding hydrogens is 316 g/mol. The van der Waals surface area contributed by atoms with E-state index in [2.05, 4.69) is 20.9 Å². The second-order valence-electron chi connectivity index (χ2n) is 4.51. The van der Waals surface area contributed by atoms with E-state index in [0.29, 0.717) is 24.7 Å². The Balaban J connectivity index is 1.72. The number of thiophene rings is 1. The topological polar surface area (TPSA) is 92.4 Å². The van der Waals surface area contributed by atoms with Gasteiger partial charge in [0.2, 0.25) is 5.88 Å². The third-order valence-electron chi connectivity index (χ3n) is 2.72. The maximum atomic E-state index is 11.7. The van der Waals surface area contributed by atoms with Crippen LogP contribution < -0.4 is 20.7 Å². The molecule has 0 fully saturated rings. The van der Waals surface area contributed by atoms with Crippen molar-refractivity contribution in [3.8, 4) is 5.88 Å². The van der Waals surface area contributed by atoms with Gasteiger partial charge in [-0.15, -0.1) is 11.3 Å². The summed E-state index contributed by atoms with van der Waals surface area (Å²) >= 11 is 1.58. The van der Waals surface area contributed by atoms with E-state index in [0.717, 1.165) is 4.88 Å². The minimum Gasteiger partial charge on any atom is -0.468 e. The zero-order valence-electron chi connectivity index (χ0n) is 12.7. The molecule has 3 N–H and O–H groups in total. The van der Waals surface area contributed by atoms with Crippen LogP contribution >= 0.6 is 11.3 Å². The molecule has 0 spiro atoms. The molecule has 0 atom stereocenters. The maximum absolute atomic E-state index is 11.7. The van der Waals surface area contributed by atoms with Crippen LogP contribution in [-0.4, -0.2) is 30.1 Å². The van der Waals surface area contributed by atoms with Crippen LogP contribution in [0.2, 0.25) is 0 Å². The summed E-state index contributed by atoms with van der Waals surface area (Å²) in [4.78, 5) is 28.1. The Kier molecular flexibility index (Phi) is 6.37. The molecule has 7 nitrogen and oxygen atoms in total. The minimum atomic E-state index is -0.295. The van der Waals surface area contributed by atoms with Gasteiger partial charge in [0, 0.05) is 17.5 Å². The quantitative estimate of drug-likeness (QED) is 0.722. The zero-order valence-corrected chi connectivity index (χ0v) is 13.5. The molecule has 0 radical (unpaired) electrons. The second-order valence-corrected chi connectivity index (χ2v) is 5.55. The molecule has 0 unspecified atom stereocenters. The van der Waals surface area contributed by atoms with Crippen molar-refractivity contribution in [3.05, 3.63) is 40.7 Å². The molecule has 0 aliphatic carbocycles. The molecule has 0 aromatic carbocycles. The lowest BCUT2D eigenvalue weighted by molar-refractivity contribution is -0.123. The number of nitrogens with one attached hydrogen (secondary N) is 3. The molecular formula is C15H18N4O3S. The van der Waals surface area contributed by atoms with Gasteiger partial charge in [-0.05, 0) is 24.4 Å². The molecule has 0 saturated carbocycles. The van der Waals surface area contributed by atoms with Gasteiger partial charge in [-0.25, -0.2) is 9.78 Å². The standard InChI is InChI=1S/C15H18N4O3S/c1-2-16-15(21)19-11-5-6-14(18-8-11)22-10-13(20)17-9-12-4-3-7-23-12/h3-8H,2,9-10H2,1H3,(H,17,20)(H2,16,19,21). The van der Waals surface area contributed by atoms with E-state index in [-0.39, 0.29) is 18.5 Å². The highest BCUT2D eigenvalue weighted by Gasteiger charge is 2.05. The van der Waals surface area contributed by atoms with Gasteiger partial charge in [-0.2, -0.15) is 0 Å². The lowest BCUT2D eigenvalue weighted by Crippen LogP contribution is -2.28. The fourth-order valence-corrected chi connectivity index (χ4v) is 2.31. The van der Waals surface area contributed by atoms with E-state index in [9.17, 15) is 9.59 Å². The number of anilines is 1. The van der Waals surface area contributed by atoms with Gasteiger partial charge in [0.15, 0.2) is 6.61 Å². The van der Waals surface area contributed by atoms with E-state index < -0.39 is 0 Å². The number of rotatable bonds is 7. The Bertz CT molecular complexity index is 629. The first-order valence-corrected chi connectivity index (χ1v) is 7.98. The van der Waals surface area contributed by atoms with Gasteiger partial charge in [-0.1, -0.05) is 6.07 Å². The maximum Gasteiger partial charge on any atom is 0.319 e. The van der Waals surface area contributed by atoms with Gasteiger partial charge < -0.3 is 20.7 Å². The van der Waals surface area contributed by atoms with Crippen LogP contribution in [0, 0.1) is 0 Å². The van der Waals surface area contributed by atoms with Crippen LogP contribution in [0.5, 0.6) is 5.88 Å².